The van der Waals surface area contributed by atoms with Crippen molar-refractivity contribution in [3.63, 3.8) is 0 Å². The Kier molecular flexibility index (Phi) is 4.47. The van der Waals surface area contributed by atoms with E-state index in [1.165, 1.54) is 5.56 Å². The van der Waals surface area contributed by atoms with Crippen molar-refractivity contribution in [2.75, 3.05) is 5.32 Å². The second kappa shape index (κ2) is 6.97. The van der Waals surface area contributed by atoms with Gasteiger partial charge in [0.15, 0.2) is 0 Å². The minimum absolute atomic E-state index is 0.0941. The van der Waals surface area contributed by atoms with Crippen LogP contribution in [0.5, 0.6) is 0 Å². The third-order valence-corrected chi connectivity index (χ3v) is 5.02. The van der Waals surface area contributed by atoms with Gasteiger partial charge in [-0.2, -0.15) is 0 Å². The molecule has 0 fully saturated rings. The maximum atomic E-state index is 12.8. The summed E-state index contributed by atoms with van der Waals surface area (Å²) in [4.78, 5) is 17.5. The van der Waals surface area contributed by atoms with E-state index in [0.29, 0.717) is 5.56 Å². The van der Waals surface area contributed by atoms with Gasteiger partial charge in [-0.05, 0) is 68.7 Å². The fourth-order valence-corrected chi connectivity index (χ4v) is 3.40. The first-order valence-electron chi connectivity index (χ1n) is 9.36. The van der Waals surface area contributed by atoms with Crippen LogP contribution in [0.25, 0.3) is 16.9 Å². The Bertz CT molecular complexity index is 1200. The van der Waals surface area contributed by atoms with Crippen LogP contribution in [0.15, 0.2) is 60.9 Å². The van der Waals surface area contributed by atoms with Crippen molar-refractivity contribution in [3.05, 3.63) is 88.7 Å². The lowest BCUT2D eigenvalue weighted by molar-refractivity contribution is 0.102. The largest absolute Gasteiger partial charge is 0.322 e. The monoisotopic (exact) mass is 369 g/mol. The molecule has 0 aliphatic carbocycles. The Balaban J connectivity index is 1.67. The van der Waals surface area contributed by atoms with Crippen LogP contribution in [-0.2, 0) is 0 Å². The fraction of sp³-hybridized carbons (Fsp3) is 0.167. The van der Waals surface area contributed by atoms with Crippen LogP contribution < -0.4 is 5.32 Å². The van der Waals surface area contributed by atoms with E-state index in [4.69, 9.17) is 4.98 Å². The van der Waals surface area contributed by atoms with Gasteiger partial charge < -0.3 is 9.72 Å². The summed E-state index contributed by atoms with van der Waals surface area (Å²) in [6.07, 6.45) is 4.02. The van der Waals surface area contributed by atoms with Crippen LogP contribution in [0.2, 0.25) is 0 Å². The van der Waals surface area contributed by atoms with Crippen molar-refractivity contribution in [1.29, 1.82) is 0 Å². The van der Waals surface area contributed by atoms with Gasteiger partial charge in [-0.1, -0.05) is 29.8 Å². The Morgan fingerprint density at radius 3 is 2.46 bits per heavy atom. The molecule has 4 aromatic rings. The van der Waals surface area contributed by atoms with E-state index in [1.807, 2.05) is 74.0 Å². The molecule has 0 saturated carbocycles. The zero-order valence-electron chi connectivity index (χ0n) is 16.6. The van der Waals surface area contributed by atoms with Gasteiger partial charge in [0.05, 0.1) is 5.69 Å². The number of amides is 1. The third kappa shape index (κ3) is 3.41. The van der Waals surface area contributed by atoms with E-state index < -0.39 is 0 Å². The SMILES string of the molecule is Cc1ccc(C(=O)Nc2cc(-c3cn4ccc(C)cc4n3)ccc2C)c(C)c1. The van der Waals surface area contributed by atoms with Crippen LogP contribution >= 0.6 is 0 Å². The average Bonchev–Trinajstić information content (AvgIpc) is 3.06. The number of anilines is 1. The van der Waals surface area contributed by atoms with Crippen LogP contribution in [0.3, 0.4) is 0 Å². The van der Waals surface area contributed by atoms with Crippen LogP contribution in [0.4, 0.5) is 5.69 Å². The zero-order valence-corrected chi connectivity index (χ0v) is 16.6. The van der Waals surface area contributed by atoms with E-state index in [-0.39, 0.29) is 5.91 Å². The highest BCUT2D eigenvalue weighted by Gasteiger charge is 2.12. The Morgan fingerprint density at radius 2 is 1.68 bits per heavy atom. The van der Waals surface area contributed by atoms with E-state index >= 15 is 0 Å². The number of benzene rings is 2. The lowest BCUT2D eigenvalue weighted by Crippen LogP contribution is -2.14. The minimum atomic E-state index is -0.0941. The molecule has 0 saturated heterocycles. The number of aryl methyl sites for hydroxylation is 4. The number of fused-ring (bicyclic) bond motifs is 1. The highest BCUT2D eigenvalue weighted by molar-refractivity contribution is 6.06. The first-order chi connectivity index (χ1) is 13.4. The molecule has 1 N–H and O–H groups in total. The molecule has 4 heteroatoms. The van der Waals surface area contributed by atoms with Gasteiger partial charge in [-0.3, -0.25) is 4.79 Å². The molecule has 0 radical (unpaired) electrons. The summed E-state index contributed by atoms with van der Waals surface area (Å²) in [5.74, 6) is -0.0941. The molecule has 0 spiro atoms. The molecule has 2 aromatic carbocycles. The standard InChI is InChI=1S/C24H23N3O/c1-15-5-8-20(18(4)11-15)24(28)26-21-13-19(7-6-17(21)3)22-14-27-10-9-16(2)12-23(27)25-22/h5-14H,1-4H3,(H,26,28). The zero-order chi connectivity index (χ0) is 19.8. The molecule has 0 bridgehead atoms. The molecule has 0 atom stereocenters. The lowest BCUT2D eigenvalue weighted by atomic mass is 10.0. The topological polar surface area (TPSA) is 46.4 Å². The normalized spacial score (nSPS) is 11.0. The number of imidazole rings is 1. The maximum Gasteiger partial charge on any atom is 0.255 e. The van der Waals surface area contributed by atoms with Crippen molar-refractivity contribution in [2.24, 2.45) is 0 Å². The molecule has 28 heavy (non-hydrogen) atoms. The average molecular weight is 369 g/mol. The molecular formula is C24H23N3O. The molecule has 2 aromatic heterocycles. The van der Waals surface area contributed by atoms with Crippen molar-refractivity contribution >= 4 is 17.2 Å². The van der Waals surface area contributed by atoms with Crippen molar-refractivity contribution in [1.82, 2.24) is 9.38 Å². The van der Waals surface area contributed by atoms with Gasteiger partial charge in [-0.15, -0.1) is 0 Å². The number of hydrogen-bond acceptors (Lipinski definition) is 2. The number of rotatable bonds is 3. The highest BCUT2D eigenvalue weighted by Crippen LogP contribution is 2.26. The van der Waals surface area contributed by atoms with Crippen LogP contribution in [-0.4, -0.2) is 15.3 Å². The minimum Gasteiger partial charge on any atom is -0.322 e. The van der Waals surface area contributed by atoms with Gasteiger partial charge in [0.25, 0.3) is 5.91 Å². The summed E-state index contributed by atoms with van der Waals surface area (Å²) in [5, 5.41) is 3.07. The smallest absolute Gasteiger partial charge is 0.255 e. The summed E-state index contributed by atoms with van der Waals surface area (Å²) in [7, 11) is 0. The molecular weight excluding hydrogens is 346 g/mol. The van der Waals surface area contributed by atoms with E-state index in [0.717, 1.165) is 39.3 Å². The fourth-order valence-electron chi connectivity index (χ4n) is 3.40. The lowest BCUT2D eigenvalue weighted by Gasteiger charge is -2.12. The molecule has 0 unspecified atom stereocenters. The number of pyridine rings is 1. The van der Waals surface area contributed by atoms with Crippen molar-refractivity contribution in [3.8, 4) is 11.3 Å². The molecule has 1 amide bonds. The van der Waals surface area contributed by atoms with Crippen molar-refractivity contribution in [2.45, 2.75) is 27.7 Å². The summed E-state index contributed by atoms with van der Waals surface area (Å²) in [6.45, 7) is 8.04. The predicted octanol–water partition coefficient (Wildman–Crippen LogP) is 5.49. The van der Waals surface area contributed by atoms with E-state index in [1.54, 1.807) is 0 Å². The van der Waals surface area contributed by atoms with Crippen molar-refractivity contribution < 1.29 is 4.79 Å². The summed E-state index contributed by atoms with van der Waals surface area (Å²) in [5.41, 5.74) is 8.58. The van der Waals surface area contributed by atoms with Gasteiger partial charge in [0.2, 0.25) is 0 Å². The molecule has 0 aliphatic rings. The Labute approximate surface area is 164 Å². The van der Waals surface area contributed by atoms with Crippen LogP contribution in [0, 0.1) is 27.7 Å². The second-order valence-electron chi connectivity index (χ2n) is 7.40. The molecule has 0 aliphatic heterocycles. The quantitative estimate of drug-likeness (QED) is 0.519. The Hall–Kier alpha value is -3.40. The van der Waals surface area contributed by atoms with Gasteiger partial charge in [0, 0.05) is 29.2 Å². The number of nitrogens with zero attached hydrogens (tertiary/aromatic N) is 2. The first kappa shape index (κ1) is 18.0. The molecule has 2 heterocycles. The third-order valence-electron chi connectivity index (χ3n) is 5.02. The molecule has 4 rings (SSSR count). The van der Waals surface area contributed by atoms with E-state index in [9.17, 15) is 4.79 Å². The number of aromatic nitrogens is 2. The van der Waals surface area contributed by atoms with Gasteiger partial charge in [0.1, 0.15) is 5.65 Å². The summed E-state index contributed by atoms with van der Waals surface area (Å²) in [6, 6.07) is 16.0. The van der Waals surface area contributed by atoms with Gasteiger partial charge >= 0.3 is 0 Å². The first-order valence-corrected chi connectivity index (χ1v) is 9.36. The highest BCUT2D eigenvalue weighted by atomic mass is 16.1. The number of carbonyl (C=O) groups is 1. The Morgan fingerprint density at radius 1 is 0.893 bits per heavy atom. The number of carbonyl (C=O) groups excluding carboxylic acids is 1. The maximum absolute atomic E-state index is 12.8. The van der Waals surface area contributed by atoms with Crippen LogP contribution in [0.1, 0.15) is 32.6 Å². The predicted molar refractivity (Wildman–Crippen MR) is 114 cm³/mol. The van der Waals surface area contributed by atoms with Gasteiger partial charge in [-0.25, -0.2) is 4.98 Å². The molecule has 4 nitrogen and oxygen atoms in total. The number of hydrogen-bond donors (Lipinski definition) is 1. The summed E-state index contributed by atoms with van der Waals surface area (Å²) < 4.78 is 2.01. The van der Waals surface area contributed by atoms with E-state index in [2.05, 4.69) is 24.4 Å². The summed E-state index contributed by atoms with van der Waals surface area (Å²) >= 11 is 0. The second-order valence-corrected chi connectivity index (χ2v) is 7.40. The molecule has 140 valence electrons. The number of nitrogens with one attached hydrogen (secondary N) is 1.